The maximum atomic E-state index is 12.7. The van der Waals surface area contributed by atoms with Crippen LogP contribution >= 0.6 is 12.2 Å². The number of oxazole rings is 1. The van der Waals surface area contributed by atoms with Gasteiger partial charge in [0.05, 0.1) is 18.2 Å². The summed E-state index contributed by atoms with van der Waals surface area (Å²) in [5.41, 5.74) is 4.68. The molecule has 0 saturated heterocycles. The SMILES string of the molecule is COc1c(C)cccc1C(=O)NC(=S)Nc1ccc(O)c(-c2nc3cc(C(C)C)ccc3o2)c1. The van der Waals surface area contributed by atoms with Crippen molar-refractivity contribution in [2.24, 2.45) is 0 Å². The van der Waals surface area contributed by atoms with E-state index in [1.807, 2.05) is 31.2 Å². The molecule has 174 valence electrons. The zero-order valence-corrected chi connectivity index (χ0v) is 20.1. The Morgan fingerprint density at radius 2 is 1.94 bits per heavy atom. The van der Waals surface area contributed by atoms with Gasteiger partial charge in [0.25, 0.3) is 5.91 Å². The average molecular weight is 476 g/mol. The van der Waals surface area contributed by atoms with Crippen molar-refractivity contribution in [2.45, 2.75) is 26.7 Å². The zero-order chi connectivity index (χ0) is 24.4. The summed E-state index contributed by atoms with van der Waals surface area (Å²) in [5, 5.41) is 16.2. The zero-order valence-electron chi connectivity index (χ0n) is 19.3. The number of aryl methyl sites for hydroxylation is 1. The summed E-state index contributed by atoms with van der Waals surface area (Å²) in [4.78, 5) is 17.3. The van der Waals surface area contributed by atoms with E-state index in [-0.39, 0.29) is 16.8 Å². The van der Waals surface area contributed by atoms with Crippen molar-refractivity contribution in [1.82, 2.24) is 10.3 Å². The number of nitrogens with zero attached hydrogens (tertiary/aromatic N) is 1. The lowest BCUT2D eigenvalue weighted by Gasteiger charge is -2.13. The highest BCUT2D eigenvalue weighted by Gasteiger charge is 2.17. The molecule has 4 rings (SSSR count). The van der Waals surface area contributed by atoms with Crippen molar-refractivity contribution in [3.05, 3.63) is 71.3 Å². The van der Waals surface area contributed by atoms with Gasteiger partial charge >= 0.3 is 0 Å². The van der Waals surface area contributed by atoms with Crippen molar-refractivity contribution < 1.29 is 19.1 Å². The van der Waals surface area contributed by atoms with E-state index in [4.69, 9.17) is 21.4 Å². The third-order valence-electron chi connectivity index (χ3n) is 5.45. The summed E-state index contributed by atoms with van der Waals surface area (Å²) < 4.78 is 11.2. The first-order chi connectivity index (χ1) is 16.3. The van der Waals surface area contributed by atoms with Crippen LogP contribution in [-0.4, -0.2) is 28.2 Å². The standard InChI is InChI=1S/C26H25N3O4S/c1-14(2)16-8-11-22-20(12-16)28-25(33-22)19-13-17(9-10-21(19)30)27-26(34)29-24(31)18-7-5-6-15(3)23(18)32-4/h5-14,30H,1-4H3,(H2,27,29,31,34). The topological polar surface area (TPSA) is 96.6 Å². The van der Waals surface area contributed by atoms with E-state index in [1.165, 1.54) is 13.2 Å². The lowest BCUT2D eigenvalue weighted by Crippen LogP contribution is -2.34. The van der Waals surface area contributed by atoms with Crippen LogP contribution in [-0.2, 0) is 0 Å². The summed E-state index contributed by atoms with van der Waals surface area (Å²) in [6.07, 6.45) is 0. The van der Waals surface area contributed by atoms with E-state index < -0.39 is 5.91 Å². The van der Waals surface area contributed by atoms with Crippen molar-refractivity contribution in [3.8, 4) is 23.0 Å². The number of para-hydroxylation sites is 1. The van der Waals surface area contributed by atoms with Gasteiger partial charge in [0.2, 0.25) is 5.89 Å². The number of ether oxygens (including phenoxy) is 1. The second-order valence-corrected chi connectivity index (χ2v) is 8.61. The predicted octanol–water partition coefficient (Wildman–Crippen LogP) is 5.77. The molecule has 7 nitrogen and oxygen atoms in total. The normalized spacial score (nSPS) is 11.0. The third kappa shape index (κ3) is 4.72. The Labute approximate surface area is 202 Å². The van der Waals surface area contributed by atoms with Crippen molar-refractivity contribution in [2.75, 3.05) is 12.4 Å². The molecule has 0 fully saturated rings. The van der Waals surface area contributed by atoms with Crippen molar-refractivity contribution in [3.63, 3.8) is 0 Å². The monoisotopic (exact) mass is 475 g/mol. The van der Waals surface area contributed by atoms with Gasteiger partial charge in [0.1, 0.15) is 17.0 Å². The minimum Gasteiger partial charge on any atom is -0.507 e. The quantitative estimate of drug-likeness (QED) is 0.249. The highest BCUT2D eigenvalue weighted by Crippen LogP contribution is 2.34. The van der Waals surface area contributed by atoms with Crippen molar-refractivity contribution >= 4 is 40.0 Å². The minimum atomic E-state index is -0.392. The van der Waals surface area contributed by atoms with E-state index >= 15 is 0 Å². The van der Waals surface area contributed by atoms with Crippen LogP contribution in [0.2, 0.25) is 0 Å². The number of carbonyl (C=O) groups is 1. The van der Waals surface area contributed by atoms with Crippen LogP contribution < -0.4 is 15.4 Å². The Kier molecular flexibility index (Phi) is 6.51. The number of hydrogen-bond donors (Lipinski definition) is 3. The van der Waals surface area contributed by atoms with E-state index in [2.05, 4.69) is 29.5 Å². The second-order valence-electron chi connectivity index (χ2n) is 8.20. The Hall–Kier alpha value is -3.91. The molecule has 34 heavy (non-hydrogen) atoms. The van der Waals surface area contributed by atoms with Gasteiger partial charge in [0.15, 0.2) is 10.7 Å². The number of thiocarbonyl (C=S) groups is 1. The largest absolute Gasteiger partial charge is 0.507 e. The molecule has 0 aliphatic rings. The van der Waals surface area contributed by atoms with Gasteiger partial charge in [-0.2, -0.15) is 0 Å². The molecule has 0 aliphatic carbocycles. The van der Waals surface area contributed by atoms with Gasteiger partial charge in [0, 0.05) is 5.69 Å². The molecule has 3 aromatic carbocycles. The number of phenols is 1. The number of phenolic OH excluding ortho intramolecular Hbond substituents is 1. The number of amides is 1. The fraction of sp³-hybridized carbons (Fsp3) is 0.192. The second kappa shape index (κ2) is 9.52. The van der Waals surface area contributed by atoms with Gasteiger partial charge in [-0.15, -0.1) is 0 Å². The number of fused-ring (bicyclic) bond motifs is 1. The molecule has 0 bridgehead atoms. The Balaban J connectivity index is 1.54. The van der Waals surface area contributed by atoms with E-state index in [9.17, 15) is 9.90 Å². The lowest BCUT2D eigenvalue weighted by molar-refractivity contribution is 0.0974. The number of anilines is 1. The van der Waals surface area contributed by atoms with Crippen LogP contribution in [0.5, 0.6) is 11.5 Å². The van der Waals surface area contributed by atoms with Crippen molar-refractivity contribution in [1.29, 1.82) is 0 Å². The molecular weight excluding hydrogens is 450 g/mol. The van der Waals surface area contributed by atoms with Gasteiger partial charge in [-0.3, -0.25) is 10.1 Å². The van der Waals surface area contributed by atoms with E-state index in [0.29, 0.717) is 39.6 Å². The van der Waals surface area contributed by atoms with Crippen LogP contribution in [0.3, 0.4) is 0 Å². The molecule has 0 unspecified atom stereocenters. The molecule has 0 aliphatic heterocycles. The predicted molar refractivity (Wildman–Crippen MR) is 137 cm³/mol. The molecular formula is C26H25N3O4S. The van der Waals surface area contributed by atoms with Gasteiger partial charge in [-0.05, 0) is 72.6 Å². The first-order valence-corrected chi connectivity index (χ1v) is 11.2. The third-order valence-corrected chi connectivity index (χ3v) is 5.65. The molecule has 8 heteroatoms. The lowest BCUT2D eigenvalue weighted by atomic mass is 10.0. The van der Waals surface area contributed by atoms with E-state index in [0.717, 1.165) is 11.1 Å². The molecule has 0 spiro atoms. The number of aromatic nitrogens is 1. The van der Waals surface area contributed by atoms with Crippen LogP contribution in [0.25, 0.3) is 22.6 Å². The molecule has 0 saturated carbocycles. The highest BCUT2D eigenvalue weighted by molar-refractivity contribution is 7.80. The minimum absolute atomic E-state index is 0.0145. The van der Waals surface area contributed by atoms with Gasteiger partial charge in [-0.1, -0.05) is 32.0 Å². The Bertz CT molecular complexity index is 1390. The summed E-state index contributed by atoms with van der Waals surface area (Å²) in [6.45, 7) is 6.08. The van der Waals surface area contributed by atoms with Gasteiger partial charge < -0.3 is 19.6 Å². The summed E-state index contributed by atoms with van der Waals surface area (Å²) >= 11 is 5.32. The first kappa shape index (κ1) is 23.3. The molecule has 1 amide bonds. The Morgan fingerprint density at radius 3 is 2.68 bits per heavy atom. The van der Waals surface area contributed by atoms with Crippen LogP contribution in [0.4, 0.5) is 5.69 Å². The number of benzene rings is 3. The maximum absolute atomic E-state index is 12.7. The van der Waals surface area contributed by atoms with Crippen LogP contribution in [0, 0.1) is 6.92 Å². The number of hydrogen-bond acceptors (Lipinski definition) is 6. The van der Waals surface area contributed by atoms with Gasteiger partial charge in [-0.25, -0.2) is 4.98 Å². The summed E-state index contributed by atoms with van der Waals surface area (Å²) in [7, 11) is 1.52. The molecule has 3 N–H and O–H groups in total. The number of rotatable bonds is 5. The number of methoxy groups -OCH3 is 1. The average Bonchev–Trinajstić information content (AvgIpc) is 3.23. The Morgan fingerprint density at radius 1 is 1.15 bits per heavy atom. The summed E-state index contributed by atoms with van der Waals surface area (Å²) in [5.74, 6) is 0.766. The highest BCUT2D eigenvalue weighted by atomic mass is 32.1. The van der Waals surface area contributed by atoms with Crippen LogP contribution in [0.15, 0.2) is 59.0 Å². The number of aromatic hydroxyl groups is 1. The smallest absolute Gasteiger partial charge is 0.261 e. The molecule has 4 aromatic rings. The molecule has 0 atom stereocenters. The maximum Gasteiger partial charge on any atom is 0.261 e. The first-order valence-electron chi connectivity index (χ1n) is 10.8. The fourth-order valence-electron chi connectivity index (χ4n) is 3.64. The molecule has 1 aromatic heterocycles. The number of nitrogens with one attached hydrogen (secondary N) is 2. The number of carbonyl (C=O) groups excluding carboxylic acids is 1. The van der Waals surface area contributed by atoms with Crippen LogP contribution in [0.1, 0.15) is 41.3 Å². The molecule has 1 heterocycles. The molecule has 0 radical (unpaired) electrons. The summed E-state index contributed by atoms with van der Waals surface area (Å²) in [6, 6.07) is 16.0. The fourth-order valence-corrected chi connectivity index (χ4v) is 3.85. The van der Waals surface area contributed by atoms with E-state index in [1.54, 1.807) is 24.3 Å².